The lowest BCUT2D eigenvalue weighted by molar-refractivity contribution is 0.0792. The predicted octanol–water partition coefficient (Wildman–Crippen LogP) is 2.01. The van der Waals surface area contributed by atoms with Crippen molar-refractivity contribution in [1.29, 1.82) is 0 Å². The van der Waals surface area contributed by atoms with Gasteiger partial charge in [0.05, 0.1) is 0 Å². The molecule has 0 aliphatic carbocycles. The van der Waals surface area contributed by atoms with Crippen molar-refractivity contribution >= 4 is 6.09 Å². The van der Waals surface area contributed by atoms with Crippen LogP contribution in [0.1, 0.15) is 19.4 Å². The summed E-state index contributed by atoms with van der Waals surface area (Å²) < 4.78 is 5.32. The van der Waals surface area contributed by atoms with Crippen molar-refractivity contribution in [3.63, 3.8) is 0 Å². The summed E-state index contributed by atoms with van der Waals surface area (Å²) in [5, 5.41) is 3.39. The molecule has 0 bridgehead atoms. The van der Waals surface area contributed by atoms with Gasteiger partial charge in [-0.15, -0.1) is 0 Å². The molecule has 0 radical (unpaired) electrons. The van der Waals surface area contributed by atoms with E-state index in [0.717, 1.165) is 5.56 Å². The van der Waals surface area contributed by atoms with Crippen molar-refractivity contribution in [2.75, 3.05) is 13.1 Å². The normalized spacial score (nSPS) is 23.8. The molecule has 4 nitrogen and oxygen atoms in total. The van der Waals surface area contributed by atoms with Gasteiger partial charge in [-0.2, -0.15) is 0 Å². The Labute approximate surface area is 108 Å². The first-order valence-corrected chi connectivity index (χ1v) is 6.37. The summed E-state index contributed by atoms with van der Waals surface area (Å²) in [5.41, 5.74) is 1.02. The fourth-order valence-corrected chi connectivity index (χ4v) is 2.29. The molecule has 2 rings (SSSR count). The number of ether oxygens (including phenoxy) is 1. The van der Waals surface area contributed by atoms with Crippen LogP contribution in [0.2, 0.25) is 0 Å². The van der Waals surface area contributed by atoms with Crippen molar-refractivity contribution in [3.8, 4) is 0 Å². The molecule has 18 heavy (non-hydrogen) atoms. The second kappa shape index (κ2) is 5.87. The molecule has 1 aliphatic rings. The highest BCUT2D eigenvalue weighted by Crippen LogP contribution is 2.08. The van der Waals surface area contributed by atoms with Crippen molar-refractivity contribution in [2.45, 2.75) is 32.5 Å². The monoisotopic (exact) mass is 248 g/mol. The van der Waals surface area contributed by atoms with Gasteiger partial charge in [-0.3, -0.25) is 0 Å². The Morgan fingerprint density at radius 1 is 1.28 bits per heavy atom. The van der Waals surface area contributed by atoms with E-state index in [0.29, 0.717) is 31.8 Å². The summed E-state index contributed by atoms with van der Waals surface area (Å²) >= 11 is 0. The maximum atomic E-state index is 11.9. The molecule has 1 saturated heterocycles. The highest BCUT2D eigenvalue weighted by Gasteiger charge is 2.25. The van der Waals surface area contributed by atoms with E-state index in [2.05, 4.69) is 19.2 Å². The summed E-state index contributed by atoms with van der Waals surface area (Å²) in [7, 11) is 0. The van der Waals surface area contributed by atoms with E-state index in [1.807, 2.05) is 30.3 Å². The lowest BCUT2D eigenvalue weighted by Crippen LogP contribution is -2.55. The van der Waals surface area contributed by atoms with Crippen molar-refractivity contribution in [1.82, 2.24) is 10.2 Å². The van der Waals surface area contributed by atoms with Crippen LogP contribution in [0.5, 0.6) is 0 Å². The van der Waals surface area contributed by atoms with E-state index in [9.17, 15) is 4.79 Å². The van der Waals surface area contributed by atoms with Gasteiger partial charge in [-0.25, -0.2) is 4.79 Å². The highest BCUT2D eigenvalue weighted by atomic mass is 16.6. The Balaban J connectivity index is 1.84. The number of carbonyl (C=O) groups is 1. The van der Waals surface area contributed by atoms with Crippen LogP contribution >= 0.6 is 0 Å². The SMILES string of the molecule is C[C@H]1CN(C(=O)OCc2ccccc2)C[C@H](C)N1. The molecule has 1 fully saturated rings. The molecule has 0 spiro atoms. The Morgan fingerprint density at radius 2 is 1.89 bits per heavy atom. The van der Waals surface area contributed by atoms with Gasteiger partial charge in [0.15, 0.2) is 0 Å². The van der Waals surface area contributed by atoms with Gasteiger partial charge in [0.1, 0.15) is 6.61 Å². The van der Waals surface area contributed by atoms with Crippen molar-refractivity contribution in [3.05, 3.63) is 35.9 Å². The van der Waals surface area contributed by atoms with E-state index in [4.69, 9.17) is 4.74 Å². The second-order valence-electron chi connectivity index (χ2n) is 4.91. The first kappa shape index (κ1) is 12.9. The Kier molecular flexibility index (Phi) is 4.20. The van der Waals surface area contributed by atoms with Gasteiger partial charge in [0.25, 0.3) is 0 Å². The lowest BCUT2D eigenvalue weighted by atomic mass is 10.2. The number of hydrogen-bond donors (Lipinski definition) is 1. The zero-order valence-electron chi connectivity index (χ0n) is 10.9. The summed E-state index contributed by atoms with van der Waals surface area (Å²) in [6.45, 7) is 5.91. The fourth-order valence-electron chi connectivity index (χ4n) is 2.29. The molecule has 1 aliphatic heterocycles. The third-order valence-corrected chi connectivity index (χ3v) is 3.02. The van der Waals surface area contributed by atoms with Crippen LogP contribution in [-0.2, 0) is 11.3 Å². The largest absolute Gasteiger partial charge is 0.445 e. The molecule has 1 aromatic carbocycles. The fraction of sp³-hybridized carbons (Fsp3) is 0.500. The van der Waals surface area contributed by atoms with E-state index in [1.165, 1.54) is 0 Å². The molecule has 0 unspecified atom stereocenters. The zero-order valence-corrected chi connectivity index (χ0v) is 10.9. The maximum Gasteiger partial charge on any atom is 0.410 e. The van der Waals surface area contributed by atoms with Gasteiger partial charge >= 0.3 is 6.09 Å². The molecule has 98 valence electrons. The lowest BCUT2D eigenvalue weighted by Gasteiger charge is -2.35. The Hall–Kier alpha value is -1.55. The predicted molar refractivity (Wildman–Crippen MR) is 70.3 cm³/mol. The van der Waals surface area contributed by atoms with Crippen LogP contribution in [0.3, 0.4) is 0 Å². The first-order valence-electron chi connectivity index (χ1n) is 6.37. The maximum absolute atomic E-state index is 11.9. The third kappa shape index (κ3) is 3.47. The number of rotatable bonds is 2. The van der Waals surface area contributed by atoms with E-state index < -0.39 is 0 Å². The van der Waals surface area contributed by atoms with Gasteiger partial charge in [0, 0.05) is 25.2 Å². The summed E-state index contributed by atoms with van der Waals surface area (Å²) in [5.74, 6) is 0. The number of hydrogen-bond acceptors (Lipinski definition) is 3. The topological polar surface area (TPSA) is 41.6 Å². The number of carbonyl (C=O) groups excluding carboxylic acids is 1. The smallest absolute Gasteiger partial charge is 0.410 e. The van der Waals surface area contributed by atoms with Crippen LogP contribution in [-0.4, -0.2) is 36.2 Å². The minimum absolute atomic E-state index is 0.223. The number of nitrogens with zero attached hydrogens (tertiary/aromatic N) is 1. The average Bonchev–Trinajstić information content (AvgIpc) is 2.36. The van der Waals surface area contributed by atoms with Gasteiger partial charge in [-0.05, 0) is 19.4 Å². The summed E-state index contributed by atoms with van der Waals surface area (Å²) in [4.78, 5) is 13.7. The van der Waals surface area contributed by atoms with E-state index >= 15 is 0 Å². The molecular formula is C14H20N2O2. The van der Waals surface area contributed by atoms with Crippen LogP contribution in [0.25, 0.3) is 0 Å². The molecule has 1 N–H and O–H groups in total. The summed E-state index contributed by atoms with van der Waals surface area (Å²) in [6.07, 6.45) is -0.223. The van der Waals surface area contributed by atoms with E-state index in [-0.39, 0.29) is 6.09 Å². The summed E-state index contributed by atoms with van der Waals surface area (Å²) in [6, 6.07) is 10.4. The van der Waals surface area contributed by atoms with Crippen molar-refractivity contribution < 1.29 is 9.53 Å². The standard InChI is InChI=1S/C14H20N2O2/c1-11-8-16(9-12(2)15-11)14(17)18-10-13-6-4-3-5-7-13/h3-7,11-12,15H,8-10H2,1-2H3/t11-,12-/m0/s1. The number of piperazine rings is 1. The van der Waals surface area contributed by atoms with Gasteiger partial charge in [0.2, 0.25) is 0 Å². The first-order chi connectivity index (χ1) is 8.65. The van der Waals surface area contributed by atoms with Crippen LogP contribution in [0, 0.1) is 0 Å². The van der Waals surface area contributed by atoms with Crippen molar-refractivity contribution in [2.24, 2.45) is 0 Å². The number of amides is 1. The molecule has 0 saturated carbocycles. The molecule has 4 heteroatoms. The van der Waals surface area contributed by atoms with Crippen LogP contribution in [0.4, 0.5) is 4.79 Å². The third-order valence-electron chi connectivity index (χ3n) is 3.02. The molecule has 1 amide bonds. The number of nitrogens with one attached hydrogen (secondary N) is 1. The van der Waals surface area contributed by atoms with Crippen LogP contribution < -0.4 is 5.32 Å². The number of benzene rings is 1. The molecule has 1 heterocycles. The molecular weight excluding hydrogens is 228 g/mol. The van der Waals surface area contributed by atoms with Gasteiger partial charge in [-0.1, -0.05) is 30.3 Å². The highest BCUT2D eigenvalue weighted by molar-refractivity contribution is 5.67. The Bertz CT molecular complexity index is 384. The van der Waals surface area contributed by atoms with E-state index in [1.54, 1.807) is 4.90 Å². The molecule has 0 aromatic heterocycles. The second-order valence-corrected chi connectivity index (χ2v) is 4.91. The van der Waals surface area contributed by atoms with Crippen LogP contribution in [0.15, 0.2) is 30.3 Å². The zero-order chi connectivity index (χ0) is 13.0. The minimum Gasteiger partial charge on any atom is -0.445 e. The average molecular weight is 248 g/mol. The van der Waals surface area contributed by atoms with Gasteiger partial charge < -0.3 is 15.0 Å². The molecule has 1 aromatic rings. The Morgan fingerprint density at radius 3 is 2.50 bits per heavy atom. The molecule has 2 atom stereocenters. The quantitative estimate of drug-likeness (QED) is 0.870. The minimum atomic E-state index is -0.223.